The van der Waals surface area contributed by atoms with Crippen LogP contribution in [0.15, 0.2) is 36.4 Å². The molecule has 45 heavy (non-hydrogen) atoms. The molecule has 246 valence electrons. The van der Waals surface area contributed by atoms with Crippen LogP contribution in [0.2, 0.25) is 0 Å². The maximum Gasteiger partial charge on any atom is 0.416 e. The Morgan fingerprint density at radius 3 is 2.22 bits per heavy atom. The summed E-state index contributed by atoms with van der Waals surface area (Å²) >= 11 is 0. The van der Waals surface area contributed by atoms with E-state index in [1.54, 1.807) is 6.92 Å². The molecule has 2 aromatic rings. The van der Waals surface area contributed by atoms with E-state index in [-0.39, 0.29) is 47.2 Å². The smallest absolute Gasteiger partial charge is 0.416 e. The van der Waals surface area contributed by atoms with Crippen LogP contribution in [0.4, 0.5) is 26.3 Å². The summed E-state index contributed by atoms with van der Waals surface area (Å²) in [6, 6.07) is 7.07. The molecule has 3 fully saturated rings. The van der Waals surface area contributed by atoms with Crippen LogP contribution in [0, 0.1) is 29.6 Å². The molecule has 1 saturated carbocycles. The Morgan fingerprint density at radius 1 is 0.933 bits per heavy atom. The minimum Gasteiger partial charge on any atom is -0.490 e. The molecule has 11 heteroatoms. The first-order valence-electron chi connectivity index (χ1n) is 15.7. The fraction of sp³-hybridized carbons (Fsp3) is 0.618. The van der Waals surface area contributed by atoms with Crippen molar-refractivity contribution in [3.05, 3.63) is 64.2 Å². The third kappa shape index (κ3) is 6.44. The van der Waals surface area contributed by atoms with Crippen LogP contribution in [0.3, 0.4) is 0 Å². The molecule has 7 atom stereocenters. The number of esters is 1. The highest BCUT2D eigenvalue weighted by molar-refractivity contribution is 5.73. The fourth-order valence-electron chi connectivity index (χ4n) is 8.11. The van der Waals surface area contributed by atoms with E-state index in [2.05, 4.69) is 18.2 Å². The number of hydrogen-bond acceptors (Lipinski definition) is 5. The van der Waals surface area contributed by atoms with Crippen LogP contribution < -0.4 is 4.74 Å². The van der Waals surface area contributed by atoms with Gasteiger partial charge in [0.05, 0.1) is 37.4 Å². The lowest BCUT2D eigenvalue weighted by atomic mass is 9.71. The van der Waals surface area contributed by atoms with Crippen molar-refractivity contribution in [1.82, 2.24) is 4.90 Å². The van der Waals surface area contributed by atoms with E-state index in [1.807, 2.05) is 11.8 Å². The van der Waals surface area contributed by atoms with E-state index in [9.17, 15) is 31.1 Å². The van der Waals surface area contributed by atoms with Crippen molar-refractivity contribution >= 4 is 5.97 Å². The van der Waals surface area contributed by atoms with E-state index < -0.39 is 29.5 Å². The lowest BCUT2D eigenvalue weighted by Crippen LogP contribution is -2.57. The highest BCUT2D eigenvalue weighted by Gasteiger charge is 2.48. The molecule has 6 rings (SSSR count). The number of alkyl halides is 6. The lowest BCUT2D eigenvalue weighted by Gasteiger charge is -2.51. The second kappa shape index (κ2) is 12.1. The Hall–Kier alpha value is -2.79. The molecule has 0 radical (unpaired) electrons. The molecular formula is C34H39F6NO4. The van der Waals surface area contributed by atoms with Crippen LogP contribution in [-0.2, 0) is 33.0 Å². The quantitative estimate of drug-likeness (QED) is 0.230. The summed E-state index contributed by atoms with van der Waals surface area (Å²) < 4.78 is 100.0. The first-order chi connectivity index (χ1) is 21.3. The monoisotopic (exact) mass is 639 g/mol. The molecule has 2 aromatic carbocycles. The highest BCUT2D eigenvalue weighted by atomic mass is 19.4. The van der Waals surface area contributed by atoms with E-state index in [0.29, 0.717) is 50.4 Å². The van der Waals surface area contributed by atoms with Crippen LogP contribution in [-0.4, -0.2) is 50.4 Å². The van der Waals surface area contributed by atoms with Gasteiger partial charge in [-0.1, -0.05) is 19.1 Å². The van der Waals surface area contributed by atoms with Crippen LogP contribution in [0.1, 0.15) is 72.9 Å². The van der Waals surface area contributed by atoms with Gasteiger partial charge in [0.25, 0.3) is 0 Å². The number of hydrogen-bond donors (Lipinski definition) is 0. The summed E-state index contributed by atoms with van der Waals surface area (Å²) in [5, 5.41) is 0. The second-order valence-corrected chi connectivity index (χ2v) is 13.3. The summed E-state index contributed by atoms with van der Waals surface area (Å²) in [5.74, 6) is 0.760. The third-order valence-electron chi connectivity index (χ3n) is 10.5. The highest BCUT2D eigenvalue weighted by Crippen LogP contribution is 2.49. The van der Waals surface area contributed by atoms with Gasteiger partial charge < -0.3 is 14.2 Å². The summed E-state index contributed by atoms with van der Waals surface area (Å²) in [6.45, 7) is 5.07. The summed E-state index contributed by atoms with van der Waals surface area (Å²) in [4.78, 5) is 14.3. The summed E-state index contributed by atoms with van der Waals surface area (Å²) in [7, 11) is 1.41. The standard InChI is InChI=1S/C34H39F6NO4/c1-18(32(42)43-3)30(21-5-6-21)22-7-4-20-8-11-28(45-29(20)12-22)31-23-14-41(15-24(31)17-44-16-23)19(2)26-13-25(33(35,36)37)9-10-27(26)34(38,39)40/h4,7,9-10,12-13,18-19,21,23-24,28,30-31H,5-6,8,11,14-17H2,1-3H3/t18?,19?,23-,24+,28?,30?,31?. The third-order valence-corrected chi connectivity index (χ3v) is 10.5. The number of carbonyl (C=O) groups is 1. The van der Waals surface area contributed by atoms with Gasteiger partial charge in [0.15, 0.2) is 0 Å². The van der Waals surface area contributed by atoms with Crippen molar-refractivity contribution in [2.75, 3.05) is 33.4 Å². The number of rotatable bonds is 7. The Labute approximate surface area is 259 Å². The van der Waals surface area contributed by atoms with E-state index in [0.717, 1.165) is 42.6 Å². The van der Waals surface area contributed by atoms with Crippen molar-refractivity contribution in [2.24, 2.45) is 29.6 Å². The average Bonchev–Trinajstić information content (AvgIpc) is 3.83. The summed E-state index contributed by atoms with van der Waals surface area (Å²) in [6.07, 6.45) is -5.91. The topological polar surface area (TPSA) is 48.0 Å². The zero-order chi connectivity index (χ0) is 32.3. The van der Waals surface area contributed by atoms with Crippen LogP contribution in [0.25, 0.3) is 0 Å². The number of nitrogens with zero attached hydrogens (tertiary/aromatic N) is 1. The van der Waals surface area contributed by atoms with Crippen molar-refractivity contribution < 1.29 is 45.3 Å². The van der Waals surface area contributed by atoms with Gasteiger partial charge in [0, 0.05) is 36.9 Å². The molecule has 0 amide bonds. The van der Waals surface area contributed by atoms with Gasteiger partial charge in [-0.15, -0.1) is 0 Å². The molecule has 3 heterocycles. The molecule has 4 aliphatic rings. The van der Waals surface area contributed by atoms with Gasteiger partial charge in [-0.05, 0) is 85.4 Å². The van der Waals surface area contributed by atoms with Gasteiger partial charge in [-0.25, -0.2) is 0 Å². The van der Waals surface area contributed by atoms with Gasteiger partial charge >= 0.3 is 18.3 Å². The van der Waals surface area contributed by atoms with Gasteiger partial charge in [0.2, 0.25) is 0 Å². The maximum absolute atomic E-state index is 13.9. The number of piperidine rings is 1. The zero-order valence-electron chi connectivity index (χ0n) is 25.6. The zero-order valence-corrected chi connectivity index (χ0v) is 25.6. The maximum atomic E-state index is 13.9. The molecular weight excluding hydrogens is 600 g/mol. The molecule has 0 aromatic heterocycles. The van der Waals surface area contributed by atoms with Crippen molar-refractivity contribution in [1.29, 1.82) is 0 Å². The largest absolute Gasteiger partial charge is 0.490 e. The number of fused-ring (bicyclic) bond motifs is 3. The van der Waals surface area contributed by atoms with Crippen molar-refractivity contribution in [2.45, 2.75) is 69.9 Å². The van der Waals surface area contributed by atoms with Crippen molar-refractivity contribution in [3.63, 3.8) is 0 Å². The van der Waals surface area contributed by atoms with E-state index in [1.165, 1.54) is 7.11 Å². The number of aryl methyl sites for hydroxylation is 1. The SMILES string of the molecule is COC(=O)C(C)C(c1ccc2c(c1)OC(C1[C@@H]3COC[C@H]1CN(C(C)c1cc(C(F)(F)F)ccc1C(F)(F)F)C3)CC2)C1CC1. The minimum atomic E-state index is -4.78. The molecule has 0 N–H and O–H groups in total. The Bertz CT molecular complexity index is 1390. The minimum absolute atomic E-state index is 0.0432. The van der Waals surface area contributed by atoms with E-state index in [4.69, 9.17) is 14.2 Å². The Morgan fingerprint density at radius 2 is 1.62 bits per heavy atom. The van der Waals surface area contributed by atoms with Gasteiger partial charge in [-0.2, -0.15) is 26.3 Å². The summed E-state index contributed by atoms with van der Waals surface area (Å²) in [5.41, 5.74) is -0.332. The lowest BCUT2D eigenvalue weighted by molar-refractivity contribution is -0.146. The number of carbonyl (C=O) groups excluding carboxylic acids is 1. The Balaban J connectivity index is 1.22. The Kier molecular flexibility index (Phi) is 8.65. The molecule has 3 aliphatic heterocycles. The number of benzene rings is 2. The average molecular weight is 640 g/mol. The predicted octanol–water partition coefficient (Wildman–Crippen LogP) is 7.68. The number of halogens is 6. The second-order valence-electron chi connectivity index (χ2n) is 13.3. The van der Waals surface area contributed by atoms with Crippen molar-refractivity contribution in [3.8, 4) is 5.75 Å². The number of ether oxygens (including phenoxy) is 3. The molecule has 1 aliphatic carbocycles. The molecule has 5 nitrogen and oxygen atoms in total. The van der Waals surface area contributed by atoms with Gasteiger partial charge in [-0.3, -0.25) is 9.69 Å². The molecule has 2 bridgehead atoms. The number of likely N-dealkylation sites (tertiary alicyclic amines) is 1. The normalized spacial score (nSPS) is 27.6. The fourth-order valence-corrected chi connectivity index (χ4v) is 8.11. The first kappa shape index (κ1) is 32.2. The predicted molar refractivity (Wildman–Crippen MR) is 154 cm³/mol. The van der Waals surface area contributed by atoms with Crippen LogP contribution >= 0.6 is 0 Å². The molecule has 2 saturated heterocycles. The van der Waals surface area contributed by atoms with E-state index >= 15 is 0 Å². The number of methoxy groups -OCH3 is 1. The first-order valence-corrected chi connectivity index (χ1v) is 15.7. The van der Waals surface area contributed by atoms with Crippen LogP contribution in [0.5, 0.6) is 5.75 Å². The van der Waals surface area contributed by atoms with Gasteiger partial charge in [0.1, 0.15) is 11.9 Å². The molecule has 5 unspecified atom stereocenters. The molecule has 0 spiro atoms.